The predicted molar refractivity (Wildman–Crippen MR) is 52.6 cm³/mol. The standard InChI is InChI=1S/C7H10B2O5/c1-14-7-3-5(8(10)11)2-6(4-7)9(12)13/h2-4,10-13H,1H3. The van der Waals surface area contributed by atoms with Gasteiger partial charge in [-0.05, 0) is 23.1 Å². The van der Waals surface area contributed by atoms with Crippen molar-refractivity contribution in [2.45, 2.75) is 0 Å². The Morgan fingerprint density at radius 2 is 1.36 bits per heavy atom. The van der Waals surface area contributed by atoms with E-state index in [2.05, 4.69) is 0 Å². The van der Waals surface area contributed by atoms with Crippen LogP contribution in [0, 0.1) is 0 Å². The van der Waals surface area contributed by atoms with E-state index in [1.165, 1.54) is 25.3 Å². The van der Waals surface area contributed by atoms with E-state index < -0.39 is 14.2 Å². The van der Waals surface area contributed by atoms with Crippen molar-refractivity contribution < 1.29 is 24.8 Å². The lowest BCUT2D eigenvalue weighted by Gasteiger charge is -2.07. The number of benzene rings is 1. The van der Waals surface area contributed by atoms with Gasteiger partial charge in [0.2, 0.25) is 0 Å². The molecule has 74 valence electrons. The second-order valence-electron chi connectivity index (χ2n) is 2.79. The fourth-order valence-corrected chi connectivity index (χ4v) is 1.06. The molecule has 0 spiro atoms. The van der Waals surface area contributed by atoms with Gasteiger partial charge < -0.3 is 24.8 Å². The zero-order chi connectivity index (χ0) is 10.7. The van der Waals surface area contributed by atoms with E-state index in [4.69, 9.17) is 24.8 Å². The largest absolute Gasteiger partial charge is 0.497 e. The normalized spacial score (nSPS) is 9.79. The lowest BCUT2D eigenvalue weighted by atomic mass is 9.73. The number of methoxy groups -OCH3 is 1. The maximum absolute atomic E-state index is 8.89. The molecule has 5 nitrogen and oxygen atoms in total. The van der Waals surface area contributed by atoms with Crippen LogP contribution in [0.2, 0.25) is 0 Å². The first-order valence-electron chi connectivity index (χ1n) is 3.95. The highest BCUT2D eigenvalue weighted by atomic mass is 16.5. The number of hydrogen-bond donors (Lipinski definition) is 4. The Balaban J connectivity index is 3.13. The summed E-state index contributed by atoms with van der Waals surface area (Å²) in [5, 5.41) is 35.5. The molecule has 4 N–H and O–H groups in total. The van der Waals surface area contributed by atoms with Crippen molar-refractivity contribution in [3.8, 4) is 5.75 Å². The molecule has 0 aromatic heterocycles. The van der Waals surface area contributed by atoms with Crippen molar-refractivity contribution in [1.29, 1.82) is 0 Å². The number of ether oxygens (including phenoxy) is 1. The first kappa shape index (κ1) is 11.1. The van der Waals surface area contributed by atoms with Gasteiger partial charge in [-0.2, -0.15) is 0 Å². The summed E-state index contributed by atoms with van der Waals surface area (Å²) in [4.78, 5) is 0. The fraction of sp³-hybridized carbons (Fsp3) is 0.143. The summed E-state index contributed by atoms with van der Waals surface area (Å²) in [6, 6.07) is 4.07. The van der Waals surface area contributed by atoms with Gasteiger partial charge in [0.25, 0.3) is 0 Å². The first-order valence-corrected chi connectivity index (χ1v) is 3.95. The Kier molecular flexibility index (Phi) is 3.54. The third kappa shape index (κ3) is 2.49. The van der Waals surface area contributed by atoms with Gasteiger partial charge in [0.05, 0.1) is 7.11 Å². The minimum atomic E-state index is -1.66. The number of rotatable bonds is 3. The Morgan fingerprint density at radius 3 is 1.64 bits per heavy atom. The van der Waals surface area contributed by atoms with Crippen LogP contribution in [-0.4, -0.2) is 41.4 Å². The van der Waals surface area contributed by atoms with Crippen LogP contribution in [0.5, 0.6) is 5.75 Å². The Hall–Kier alpha value is -1.01. The maximum atomic E-state index is 8.89. The van der Waals surface area contributed by atoms with Gasteiger partial charge in [0.1, 0.15) is 5.75 Å². The van der Waals surface area contributed by atoms with Crippen LogP contribution < -0.4 is 15.7 Å². The highest BCUT2D eigenvalue weighted by molar-refractivity contribution is 6.62. The van der Waals surface area contributed by atoms with Crippen molar-refractivity contribution in [2.24, 2.45) is 0 Å². The minimum Gasteiger partial charge on any atom is -0.497 e. The van der Waals surface area contributed by atoms with Crippen LogP contribution in [0.1, 0.15) is 0 Å². The van der Waals surface area contributed by atoms with Gasteiger partial charge in [0.15, 0.2) is 0 Å². The average Bonchev–Trinajstić information content (AvgIpc) is 2.16. The molecule has 0 saturated heterocycles. The van der Waals surface area contributed by atoms with Crippen LogP contribution in [0.4, 0.5) is 0 Å². The summed E-state index contributed by atoms with van der Waals surface area (Å²) in [6.45, 7) is 0. The number of hydrogen-bond acceptors (Lipinski definition) is 5. The fourth-order valence-electron chi connectivity index (χ4n) is 1.06. The zero-order valence-corrected chi connectivity index (χ0v) is 7.58. The molecule has 0 radical (unpaired) electrons. The van der Waals surface area contributed by atoms with Crippen LogP contribution in [-0.2, 0) is 0 Å². The van der Waals surface area contributed by atoms with Gasteiger partial charge in [0, 0.05) is 0 Å². The van der Waals surface area contributed by atoms with Gasteiger partial charge in [-0.25, -0.2) is 0 Å². The molecular weight excluding hydrogens is 186 g/mol. The summed E-state index contributed by atoms with van der Waals surface area (Å²) >= 11 is 0. The van der Waals surface area contributed by atoms with Crippen LogP contribution in [0.15, 0.2) is 18.2 Å². The van der Waals surface area contributed by atoms with Crippen LogP contribution >= 0.6 is 0 Å². The summed E-state index contributed by atoms with van der Waals surface area (Å²) in [6.07, 6.45) is 0. The third-order valence-electron chi connectivity index (χ3n) is 1.78. The van der Waals surface area contributed by atoms with E-state index in [0.29, 0.717) is 5.75 Å². The van der Waals surface area contributed by atoms with Crippen molar-refractivity contribution in [3.63, 3.8) is 0 Å². The molecule has 0 saturated carbocycles. The predicted octanol–water partition coefficient (Wildman–Crippen LogP) is -2.95. The third-order valence-corrected chi connectivity index (χ3v) is 1.78. The van der Waals surface area contributed by atoms with E-state index in [1.807, 2.05) is 0 Å². The van der Waals surface area contributed by atoms with E-state index in [9.17, 15) is 0 Å². The van der Waals surface area contributed by atoms with Gasteiger partial charge >= 0.3 is 14.2 Å². The smallest absolute Gasteiger partial charge is 0.488 e. The average molecular weight is 196 g/mol. The molecular formula is C7H10B2O5. The molecule has 0 aliphatic rings. The van der Waals surface area contributed by atoms with Gasteiger partial charge in [-0.1, -0.05) is 6.07 Å². The Labute approximate surface area is 81.9 Å². The molecule has 1 rings (SSSR count). The molecule has 1 aromatic carbocycles. The molecule has 0 unspecified atom stereocenters. The first-order chi connectivity index (χ1) is 6.54. The Bertz CT molecular complexity index is 289. The molecule has 7 heteroatoms. The van der Waals surface area contributed by atoms with Crippen molar-refractivity contribution in [3.05, 3.63) is 18.2 Å². The van der Waals surface area contributed by atoms with Crippen LogP contribution in [0.3, 0.4) is 0 Å². The Morgan fingerprint density at radius 1 is 0.929 bits per heavy atom. The lowest BCUT2D eigenvalue weighted by Crippen LogP contribution is -2.38. The molecule has 1 aromatic rings. The quantitative estimate of drug-likeness (QED) is 0.388. The molecule has 0 bridgehead atoms. The molecule has 0 fully saturated rings. The molecule has 0 amide bonds. The van der Waals surface area contributed by atoms with E-state index >= 15 is 0 Å². The monoisotopic (exact) mass is 196 g/mol. The molecule has 0 atom stereocenters. The molecule has 14 heavy (non-hydrogen) atoms. The minimum absolute atomic E-state index is 0.146. The second-order valence-corrected chi connectivity index (χ2v) is 2.79. The van der Waals surface area contributed by atoms with Crippen LogP contribution in [0.25, 0.3) is 0 Å². The van der Waals surface area contributed by atoms with Crippen molar-refractivity contribution in [1.82, 2.24) is 0 Å². The lowest BCUT2D eigenvalue weighted by molar-refractivity contribution is 0.410. The summed E-state index contributed by atoms with van der Waals surface area (Å²) in [5.74, 6) is 0.332. The molecule has 0 heterocycles. The van der Waals surface area contributed by atoms with Crippen molar-refractivity contribution in [2.75, 3.05) is 7.11 Å². The van der Waals surface area contributed by atoms with E-state index in [0.717, 1.165) is 0 Å². The summed E-state index contributed by atoms with van der Waals surface area (Å²) in [7, 11) is -1.93. The molecule has 0 aliphatic carbocycles. The highest BCUT2D eigenvalue weighted by Crippen LogP contribution is 2.04. The van der Waals surface area contributed by atoms with E-state index in [1.54, 1.807) is 0 Å². The van der Waals surface area contributed by atoms with E-state index in [-0.39, 0.29) is 10.9 Å². The summed E-state index contributed by atoms with van der Waals surface area (Å²) < 4.78 is 4.85. The maximum Gasteiger partial charge on any atom is 0.488 e. The second kappa shape index (κ2) is 4.47. The molecule has 0 aliphatic heterocycles. The van der Waals surface area contributed by atoms with Gasteiger partial charge in [-0.15, -0.1) is 0 Å². The van der Waals surface area contributed by atoms with Gasteiger partial charge in [-0.3, -0.25) is 0 Å². The highest BCUT2D eigenvalue weighted by Gasteiger charge is 2.18. The van der Waals surface area contributed by atoms with Crippen molar-refractivity contribution >= 4 is 25.2 Å². The SMILES string of the molecule is COc1cc(B(O)O)cc(B(O)O)c1. The zero-order valence-electron chi connectivity index (χ0n) is 7.58. The topological polar surface area (TPSA) is 90.2 Å². The summed E-state index contributed by atoms with van der Waals surface area (Å²) in [5.41, 5.74) is 0.292.